The fourth-order valence-corrected chi connectivity index (χ4v) is 4.83. The topological polar surface area (TPSA) is 42.2 Å². The molecule has 2 fully saturated rings. The number of piperidine rings is 1. The average molecular weight is 339 g/mol. The summed E-state index contributed by atoms with van der Waals surface area (Å²) in [6.45, 7) is 8.70. The van der Waals surface area contributed by atoms with E-state index in [1.165, 1.54) is 30.4 Å². The van der Waals surface area contributed by atoms with Crippen molar-refractivity contribution in [2.24, 2.45) is 0 Å². The number of aromatic nitrogens is 2. The third kappa shape index (κ3) is 2.91. The van der Waals surface area contributed by atoms with Crippen molar-refractivity contribution in [1.82, 2.24) is 15.0 Å². The van der Waals surface area contributed by atoms with Crippen LogP contribution in [0.3, 0.4) is 0 Å². The monoisotopic (exact) mass is 339 g/mol. The van der Waals surface area contributed by atoms with Gasteiger partial charge in [0, 0.05) is 12.1 Å². The van der Waals surface area contributed by atoms with Gasteiger partial charge in [0.05, 0.1) is 5.92 Å². The number of nitrogens with zero attached hydrogens (tertiary/aromatic N) is 3. The number of benzene rings is 1. The summed E-state index contributed by atoms with van der Waals surface area (Å²) in [6, 6.07) is 10.4. The van der Waals surface area contributed by atoms with Gasteiger partial charge in [-0.1, -0.05) is 50.2 Å². The van der Waals surface area contributed by atoms with Gasteiger partial charge in [-0.05, 0) is 55.7 Å². The molecule has 2 aliphatic heterocycles. The molecule has 4 nitrogen and oxygen atoms in total. The summed E-state index contributed by atoms with van der Waals surface area (Å²) in [4.78, 5) is 7.16. The van der Waals surface area contributed by atoms with Gasteiger partial charge in [0.15, 0.2) is 5.82 Å². The van der Waals surface area contributed by atoms with Gasteiger partial charge in [-0.15, -0.1) is 0 Å². The second-order valence-electron chi connectivity index (χ2n) is 8.88. The van der Waals surface area contributed by atoms with Crippen LogP contribution < -0.4 is 0 Å². The number of likely N-dealkylation sites (N-methyl/N-ethyl adjacent to an activating group) is 1. The van der Waals surface area contributed by atoms with E-state index in [2.05, 4.69) is 67.1 Å². The van der Waals surface area contributed by atoms with Gasteiger partial charge in [0.2, 0.25) is 5.89 Å². The van der Waals surface area contributed by atoms with E-state index in [1.807, 2.05) is 6.92 Å². The molecule has 0 amide bonds. The zero-order valence-corrected chi connectivity index (χ0v) is 16.0. The molecule has 2 bridgehead atoms. The molecule has 2 aromatic rings. The number of fused-ring (bicyclic) bond motifs is 2. The van der Waals surface area contributed by atoms with Gasteiger partial charge < -0.3 is 4.52 Å². The van der Waals surface area contributed by atoms with Crippen LogP contribution in [-0.2, 0) is 5.41 Å². The minimum Gasteiger partial charge on any atom is -0.339 e. The Kier molecular flexibility index (Phi) is 3.99. The molecule has 3 heterocycles. The largest absolute Gasteiger partial charge is 0.339 e. The van der Waals surface area contributed by atoms with Crippen molar-refractivity contribution in [3.05, 3.63) is 47.1 Å². The Bertz CT molecular complexity index is 743. The van der Waals surface area contributed by atoms with Crippen LogP contribution in [0.5, 0.6) is 0 Å². The number of hydrogen-bond donors (Lipinski definition) is 0. The summed E-state index contributed by atoms with van der Waals surface area (Å²) in [5.41, 5.74) is 2.99. The lowest BCUT2D eigenvalue weighted by Gasteiger charge is -2.41. The molecule has 1 aromatic carbocycles. The second kappa shape index (κ2) is 5.94. The molecule has 25 heavy (non-hydrogen) atoms. The minimum atomic E-state index is 0.188. The third-order valence-electron chi connectivity index (χ3n) is 6.30. The molecule has 2 saturated heterocycles. The SMILES string of the molecule is Cc1noc([C@@H]2[C@@H](c3ccc(C(C)(C)C)cc3)C[C@@H]3CC[C@H]2N3C)n1. The predicted octanol–water partition coefficient (Wildman–Crippen LogP) is 4.41. The highest BCUT2D eigenvalue weighted by molar-refractivity contribution is 5.33. The van der Waals surface area contributed by atoms with Crippen molar-refractivity contribution in [2.45, 2.75) is 76.3 Å². The molecule has 0 saturated carbocycles. The lowest BCUT2D eigenvalue weighted by Crippen LogP contribution is -2.44. The zero-order valence-electron chi connectivity index (χ0n) is 16.0. The summed E-state index contributed by atoms with van der Waals surface area (Å²) < 4.78 is 5.64. The van der Waals surface area contributed by atoms with E-state index in [1.54, 1.807) is 0 Å². The Labute approximate surface area is 150 Å². The molecule has 0 N–H and O–H groups in total. The van der Waals surface area contributed by atoms with Crippen LogP contribution in [0.15, 0.2) is 28.8 Å². The highest BCUT2D eigenvalue weighted by Gasteiger charge is 2.48. The van der Waals surface area contributed by atoms with Gasteiger partial charge in [-0.3, -0.25) is 4.90 Å². The van der Waals surface area contributed by atoms with Gasteiger partial charge >= 0.3 is 0 Å². The van der Waals surface area contributed by atoms with E-state index < -0.39 is 0 Å². The maximum absolute atomic E-state index is 5.64. The number of aryl methyl sites for hydroxylation is 1. The van der Waals surface area contributed by atoms with Gasteiger partial charge in [0.1, 0.15) is 0 Å². The second-order valence-corrected chi connectivity index (χ2v) is 8.88. The summed E-state index contributed by atoms with van der Waals surface area (Å²) in [6.07, 6.45) is 3.68. The standard InChI is InChI=1S/C21H29N3O/c1-13-22-20(25-23-13)19-17(12-16-10-11-18(19)24(16)5)14-6-8-15(9-7-14)21(2,3)4/h6-9,16-19H,10-12H2,1-5H3/t16-,17+,18+,19+/m0/s1. The lowest BCUT2D eigenvalue weighted by atomic mass is 9.75. The molecular formula is C21H29N3O. The molecule has 2 aliphatic rings. The van der Waals surface area contributed by atoms with E-state index in [0.29, 0.717) is 23.9 Å². The molecule has 4 rings (SSSR count). The van der Waals surface area contributed by atoms with Crippen LogP contribution in [0.4, 0.5) is 0 Å². The number of hydrogen-bond acceptors (Lipinski definition) is 4. The smallest absolute Gasteiger partial charge is 0.231 e. The van der Waals surface area contributed by atoms with Crippen molar-refractivity contribution >= 4 is 0 Å². The van der Waals surface area contributed by atoms with Crippen LogP contribution in [-0.4, -0.2) is 34.2 Å². The van der Waals surface area contributed by atoms with Crippen LogP contribution in [0, 0.1) is 6.92 Å². The summed E-state index contributed by atoms with van der Waals surface area (Å²) in [7, 11) is 2.26. The fraction of sp³-hybridized carbons (Fsp3) is 0.619. The highest BCUT2D eigenvalue weighted by Crippen LogP contribution is 2.50. The first-order valence-electron chi connectivity index (χ1n) is 9.47. The fourth-order valence-electron chi connectivity index (χ4n) is 4.83. The summed E-state index contributed by atoms with van der Waals surface area (Å²) >= 11 is 0. The Balaban J connectivity index is 1.71. The van der Waals surface area contributed by atoms with E-state index in [9.17, 15) is 0 Å². The first-order chi connectivity index (χ1) is 11.8. The quantitative estimate of drug-likeness (QED) is 0.813. The molecule has 4 atom stereocenters. The van der Waals surface area contributed by atoms with Gasteiger partial charge in [0.25, 0.3) is 0 Å². The summed E-state index contributed by atoms with van der Waals surface area (Å²) in [5.74, 6) is 2.31. The Morgan fingerprint density at radius 2 is 1.84 bits per heavy atom. The van der Waals surface area contributed by atoms with E-state index in [4.69, 9.17) is 4.52 Å². The van der Waals surface area contributed by atoms with Crippen molar-refractivity contribution in [2.75, 3.05) is 7.05 Å². The van der Waals surface area contributed by atoms with Crippen LogP contribution >= 0.6 is 0 Å². The molecule has 0 spiro atoms. The Hall–Kier alpha value is -1.68. The first kappa shape index (κ1) is 16.8. The molecule has 0 unspecified atom stereocenters. The van der Waals surface area contributed by atoms with Gasteiger partial charge in [-0.2, -0.15) is 4.98 Å². The van der Waals surface area contributed by atoms with E-state index >= 15 is 0 Å². The molecule has 4 heteroatoms. The number of rotatable bonds is 2. The molecule has 0 aliphatic carbocycles. The maximum Gasteiger partial charge on any atom is 0.231 e. The van der Waals surface area contributed by atoms with Crippen LogP contribution in [0.1, 0.15) is 74.7 Å². The highest BCUT2D eigenvalue weighted by atomic mass is 16.5. The molecular weight excluding hydrogens is 310 g/mol. The minimum absolute atomic E-state index is 0.188. The third-order valence-corrected chi connectivity index (χ3v) is 6.30. The lowest BCUT2D eigenvalue weighted by molar-refractivity contribution is 0.120. The Morgan fingerprint density at radius 3 is 2.44 bits per heavy atom. The Morgan fingerprint density at radius 1 is 1.12 bits per heavy atom. The van der Waals surface area contributed by atoms with E-state index in [-0.39, 0.29) is 5.41 Å². The maximum atomic E-state index is 5.64. The molecule has 1 aromatic heterocycles. The normalized spacial score (nSPS) is 30.0. The van der Waals surface area contributed by atoms with Crippen LogP contribution in [0.2, 0.25) is 0 Å². The van der Waals surface area contributed by atoms with Crippen molar-refractivity contribution < 1.29 is 4.52 Å². The van der Waals surface area contributed by atoms with Crippen LogP contribution in [0.25, 0.3) is 0 Å². The predicted molar refractivity (Wildman–Crippen MR) is 98.8 cm³/mol. The van der Waals surface area contributed by atoms with E-state index in [0.717, 1.165) is 11.7 Å². The van der Waals surface area contributed by atoms with Crippen molar-refractivity contribution in [1.29, 1.82) is 0 Å². The molecule has 134 valence electrons. The zero-order chi connectivity index (χ0) is 17.8. The molecule has 0 radical (unpaired) electrons. The van der Waals surface area contributed by atoms with Crippen molar-refractivity contribution in [3.63, 3.8) is 0 Å². The first-order valence-corrected chi connectivity index (χ1v) is 9.47. The average Bonchev–Trinajstić information content (AvgIpc) is 3.07. The summed E-state index contributed by atoms with van der Waals surface area (Å²) in [5, 5.41) is 4.07. The van der Waals surface area contributed by atoms with Gasteiger partial charge in [-0.25, -0.2) is 0 Å². The van der Waals surface area contributed by atoms with Crippen molar-refractivity contribution in [3.8, 4) is 0 Å².